The summed E-state index contributed by atoms with van der Waals surface area (Å²) in [6.45, 7) is 72.0. The van der Waals surface area contributed by atoms with Crippen LogP contribution in [-0.4, -0.2) is 17.3 Å². The van der Waals surface area contributed by atoms with Gasteiger partial charge in [0.1, 0.15) is 0 Å². The van der Waals surface area contributed by atoms with E-state index in [1.54, 1.807) is 0 Å². The van der Waals surface area contributed by atoms with Gasteiger partial charge in [0.05, 0.1) is 0 Å². The van der Waals surface area contributed by atoms with E-state index in [0.717, 1.165) is 56.4 Å². The molecular weight excluding hydrogens is 1410 g/mol. The number of hydrogen-bond acceptors (Lipinski definition) is 5. The third kappa shape index (κ3) is 48.5. The van der Waals surface area contributed by atoms with Crippen LogP contribution in [0.1, 0.15) is 297 Å². The monoisotopic (exact) mass is 1570 g/mol. The van der Waals surface area contributed by atoms with Gasteiger partial charge in [-0.3, -0.25) is 14.4 Å². The topological polar surface area (TPSA) is 57.7 Å². The quantitative estimate of drug-likeness (QED) is 0.102. The Balaban J connectivity index is -0.000000185. The summed E-state index contributed by atoms with van der Waals surface area (Å²) < 4.78 is 0. The van der Waals surface area contributed by atoms with E-state index in [4.69, 9.17) is 0 Å². The molecule has 12 rings (SSSR count). The van der Waals surface area contributed by atoms with Gasteiger partial charge < -0.3 is 9.80 Å². The minimum atomic E-state index is 0.0101. The lowest BCUT2D eigenvalue weighted by Gasteiger charge is -2.26. The number of carbonyl (C=O) groups is 3. The Hall–Kier alpha value is -10.8. The minimum absolute atomic E-state index is 0.0101. The van der Waals surface area contributed by atoms with Crippen LogP contribution < -0.4 is 9.80 Å². The van der Waals surface area contributed by atoms with E-state index in [0.29, 0.717) is 22.3 Å². The van der Waals surface area contributed by atoms with Crippen LogP contribution in [0.3, 0.4) is 0 Å². The van der Waals surface area contributed by atoms with Gasteiger partial charge in [-0.2, -0.15) is 0 Å². The number of rotatable bonds is 14. The summed E-state index contributed by atoms with van der Waals surface area (Å²) in [5.41, 5.74) is 15.3. The zero-order valence-electron chi connectivity index (χ0n) is 80.0. The summed E-state index contributed by atoms with van der Waals surface area (Å²) in [5, 5.41) is 0. The van der Waals surface area contributed by atoms with Crippen molar-refractivity contribution in [1.29, 1.82) is 0 Å². The number of benzene rings is 12. The molecule has 12 aromatic carbocycles. The van der Waals surface area contributed by atoms with E-state index >= 15 is 0 Å². The fourth-order valence-electron chi connectivity index (χ4n) is 9.29. The number of anilines is 6. The molecule has 116 heavy (non-hydrogen) atoms. The van der Waals surface area contributed by atoms with Crippen molar-refractivity contribution in [3.63, 3.8) is 0 Å². The van der Waals surface area contributed by atoms with Gasteiger partial charge in [-0.25, -0.2) is 0 Å². The van der Waals surface area contributed by atoms with Crippen LogP contribution in [0.4, 0.5) is 34.1 Å². The van der Waals surface area contributed by atoms with Crippen molar-refractivity contribution in [2.24, 2.45) is 0 Å². The molecule has 0 aliphatic carbocycles. The molecule has 0 heterocycles. The standard InChI is InChI=1S/C36H28N2.C26H18O2.C13H10O.18C2H6/c1-5-13-31(14-6-1)37(32-15-7-2-8-16-32)35-25-21-29(22-26-35)30-23-27-36(28-24-30)38(33-17-9-3-10-18-33)34-19-11-4-12-20-34;27-25(21-7-3-1-4-8-21)23-15-11-19(12-16-23)20-13-17-24(18-14-20)26(28)22-9-5-2-6-10-22;14-13(11-7-3-1-4-8-11)12-9-5-2-6-10-12;18*1-2/h1-28H;1-18H;1-10H;18*1-2H3. The average Bonchev–Trinajstić information content (AvgIpc) is 0.806. The molecule has 0 atom stereocenters. The summed E-state index contributed by atoms with van der Waals surface area (Å²) in [4.78, 5) is 41.4. The molecule has 0 spiro atoms. The first-order valence-electron chi connectivity index (χ1n) is 44.5. The lowest BCUT2D eigenvalue weighted by Crippen LogP contribution is -2.09. The van der Waals surface area contributed by atoms with Crippen molar-refractivity contribution in [3.05, 3.63) is 373 Å². The summed E-state index contributed by atoms with van der Waals surface area (Å²) in [7, 11) is 0. The summed E-state index contributed by atoms with van der Waals surface area (Å²) >= 11 is 0. The molecule has 0 aliphatic rings. The van der Waals surface area contributed by atoms with Crippen LogP contribution >= 0.6 is 0 Å². The second-order valence-corrected chi connectivity index (χ2v) is 18.7. The number of carbonyl (C=O) groups excluding carboxylic acids is 3. The highest BCUT2D eigenvalue weighted by atomic mass is 16.1. The van der Waals surface area contributed by atoms with Crippen molar-refractivity contribution < 1.29 is 14.4 Å². The fourth-order valence-corrected chi connectivity index (χ4v) is 9.29. The van der Waals surface area contributed by atoms with E-state index in [-0.39, 0.29) is 17.3 Å². The smallest absolute Gasteiger partial charge is 0.193 e. The molecule has 0 aliphatic heterocycles. The van der Waals surface area contributed by atoms with E-state index in [1.165, 1.54) is 11.1 Å². The molecule has 0 fully saturated rings. The molecule has 0 radical (unpaired) electrons. The number of hydrogen-bond donors (Lipinski definition) is 0. The Morgan fingerprint density at radius 3 is 0.371 bits per heavy atom. The summed E-state index contributed by atoms with van der Waals surface area (Å²) in [5.74, 6) is 0.0955. The SMILES string of the molecule is CC.CC.CC.CC.CC.CC.CC.CC.CC.CC.CC.CC.CC.CC.CC.CC.CC.CC.O=C(c1ccccc1)c1ccc(-c2ccc(C(=O)c3ccccc3)cc2)cc1.O=C(c1ccccc1)c1ccccc1.c1ccc(N(c2ccccc2)c2ccc(-c3ccc(N(c4ccccc4)c4ccccc4)cc3)cc2)cc1. The summed E-state index contributed by atoms with van der Waals surface area (Å²) in [6.07, 6.45) is 0. The van der Waals surface area contributed by atoms with Gasteiger partial charge in [-0.1, -0.05) is 516 Å². The van der Waals surface area contributed by atoms with Crippen LogP contribution in [0.25, 0.3) is 22.3 Å². The van der Waals surface area contributed by atoms with Crippen molar-refractivity contribution in [1.82, 2.24) is 0 Å². The van der Waals surface area contributed by atoms with Crippen LogP contribution in [0.5, 0.6) is 0 Å². The predicted octanol–water partition coefficient (Wildman–Crippen LogP) is 37.5. The Bertz CT molecular complexity index is 3510. The van der Waals surface area contributed by atoms with E-state index < -0.39 is 0 Å². The van der Waals surface area contributed by atoms with E-state index in [2.05, 4.69) is 180 Å². The zero-order chi connectivity index (χ0) is 90.7. The maximum atomic E-state index is 12.5. The Morgan fingerprint density at radius 2 is 0.233 bits per heavy atom. The van der Waals surface area contributed by atoms with Crippen molar-refractivity contribution >= 4 is 51.5 Å². The highest BCUT2D eigenvalue weighted by molar-refractivity contribution is 6.10. The largest absolute Gasteiger partial charge is 0.311 e. The number of nitrogens with zero attached hydrogens (tertiary/aromatic N) is 2. The molecule has 0 saturated carbocycles. The molecule has 0 saturated heterocycles. The average molecular weight is 1570 g/mol. The molecule has 636 valence electrons. The molecule has 0 aromatic heterocycles. The van der Waals surface area contributed by atoms with E-state index in [1.807, 2.05) is 419 Å². The lowest BCUT2D eigenvalue weighted by atomic mass is 9.97. The van der Waals surface area contributed by atoms with E-state index in [9.17, 15) is 14.4 Å². The van der Waals surface area contributed by atoms with Crippen LogP contribution in [0.2, 0.25) is 0 Å². The molecule has 0 N–H and O–H groups in total. The first kappa shape index (κ1) is 123. The molecule has 12 aromatic rings. The maximum Gasteiger partial charge on any atom is 0.193 e. The van der Waals surface area contributed by atoms with Crippen LogP contribution in [0, 0.1) is 0 Å². The molecular formula is C111H164N2O3. The predicted molar refractivity (Wildman–Crippen MR) is 533 cm³/mol. The highest BCUT2D eigenvalue weighted by Crippen LogP contribution is 2.38. The van der Waals surface area contributed by atoms with Gasteiger partial charge >= 0.3 is 0 Å². The van der Waals surface area contributed by atoms with Gasteiger partial charge in [-0.05, 0) is 95.1 Å². The van der Waals surface area contributed by atoms with Gasteiger partial charge in [0.15, 0.2) is 17.3 Å². The fraction of sp³-hybridized carbons (Fsp3) is 0.324. The zero-order valence-corrected chi connectivity index (χ0v) is 80.0. The van der Waals surface area contributed by atoms with Gasteiger partial charge in [-0.15, -0.1) is 0 Å². The number of ketones is 3. The Labute approximate surface area is 715 Å². The first-order chi connectivity index (χ1) is 57.5. The lowest BCUT2D eigenvalue weighted by molar-refractivity contribution is 0.103. The molecule has 0 bridgehead atoms. The third-order valence-electron chi connectivity index (χ3n) is 13.4. The molecule has 5 nitrogen and oxygen atoms in total. The van der Waals surface area contributed by atoms with Gasteiger partial charge in [0, 0.05) is 67.5 Å². The van der Waals surface area contributed by atoms with Crippen LogP contribution in [0.15, 0.2) is 340 Å². The Morgan fingerprint density at radius 1 is 0.129 bits per heavy atom. The van der Waals surface area contributed by atoms with Crippen molar-refractivity contribution in [3.8, 4) is 22.3 Å². The molecule has 0 amide bonds. The first-order valence-corrected chi connectivity index (χ1v) is 44.5. The molecule has 0 unspecified atom stereocenters. The molecule has 5 heteroatoms. The minimum Gasteiger partial charge on any atom is -0.311 e. The van der Waals surface area contributed by atoms with Crippen molar-refractivity contribution in [2.45, 2.75) is 249 Å². The van der Waals surface area contributed by atoms with Gasteiger partial charge in [0.25, 0.3) is 0 Å². The maximum absolute atomic E-state index is 12.5. The van der Waals surface area contributed by atoms with Gasteiger partial charge in [0.2, 0.25) is 0 Å². The highest BCUT2D eigenvalue weighted by Gasteiger charge is 2.16. The third-order valence-corrected chi connectivity index (χ3v) is 13.4. The second kappa shape index (κ2) is 94.8. The normalized spacial score (nSPS) is 8.10. The van der Waals surface area contributed by atoms with Crippen molar-refractivity contribution in [2.75, 3.05) is 9.80 Å². The Kier molecular flexibility index (Phi) is 101. The summed E-state index contributed by atoms with van der Waals surface area (Å²) in [6, 6.07) is 112. The van der Waals surface area contributed by atoms with Crippen LogP contribution in [-0.2, 0) is 0 Å². The number of para-hydroxylation sites is 4. The second-order valence-electron chi connectivity index (χ2n) is 18.7.